The lowest BCUT2D eigenvalue weighted by Gasteiger charge is -2.40. The van der Waals surface area contributed by atoms with Gasteiger partial charge in [0.1, 0.15) is 17.6 Å². The number of ether oxygens (including phenoxy) is 2. The van der Waals surface area contributed by atoms with Gasteiger partial charge in [-0.3, -0.25) is 14.4 Å². The lowest BCUT2D eigenvalue weighted by molar-refractivity contribution is -0.162. The zero-order valence-corrected chi connectivity index (χ0v) is 27.1. The average molecular weight is 617 g/mol. The fraction of sp³-hybridized carbons (Fsp3) is 0.541. The van der Waals surface area contributed by atoms with Crippen molar-refractivity contribution in [1.82, 2.24) is 4.90 Å². The number of aliphatic hydroxyl groups excluding tert-OH is 1. The van der Waals surface area contributed by atoms with Crippen molar-refractivity contribution in [3.8, 4) is 0 Å². The summed E-state index contributed by atoms with van der Waals surface area (Å²) in [7, 11) is 0. The molecule has 3 aliphatic rings. The van der Waals surface area contributed by atoms with Crippen LogP contribution in [0.5, 0.6) is 0 Å². The number of fused-ring (bicyclic) bond motifs is 2. The Labute approximate surface area is 267 Å². The van der Waals surface area contributed by atoms with E-state index in [0.29, 0.717) is 24.9 Å². The zero-order chi connectivity index (χ0) is 32.5. The number of hydrogen-bond donors (Lipinski definition) is 1. The Morgan fingerprint density at radius 1 is 1.16 bits per heavy atom. The summed E-state index contributed by atoms with van der Waals surface area (Å²) in [5.41, 5.74) is -1.53. The fourth-order valence-corrected chi connectivity index (χ4v) is 8.13. The number of benzene rings is 2. The Morgan fingerprint density at radius 3 is 2.56 bits per heavy atom. The predicted octanol–water partition coefficient (Wildman–Crippen LogP) is 5.68. The lowest BCUT2D eigenvalue weighted by Crippen LogP contribution is -2.59. The number of likely N-dealkylation sites (tertiary alicyclic amines) is 1. The van der Waals surface area contributed by atoms with Gasteiger partial charge in [0.15, 0.2) is 0 Å². The van der Waals surface area contributed by atoms with Crippen LogP contribution in [-0.4, -0.2) is 70.8 Å². The number of esters is 1. The molecule has 3 unspecified atom stereocenters. The fourth-order valence-electron chi connectivity index (χ4n) is 8.13. The summed E-state index contributed by atoms with van der Waals surface area (Å²) in [5.74, 6) is -2.80. The first-order valence-electron chi connectivity index (χ1n) is 16.4. The van der Waals surface area contributed by atoms with Gasteiger partial charge in [0.25, 0.3) is 5.91 Å². The molecule has 1 spiro atoms. The van der Waals surface area contributed by atoms with E-state index in [4.69, 9.17) is 9.47 Å². The maximum absolute atomic E-state index is 15.0. The monoisotopic (exact) mass is 616 g/mol. The van der Waals surface area contributed by atoms with E-state index in [2.05, 4.69) is 13.2 Å². The van der Waals surface area contributed by atoms with Crippen LogP contribution in [0, 0.1) is 23.7 Å². The summed E-state index contributed by atoms with van der Waals surface area (Å²) in [6.45, 7) is 15.8. The van der Waals surface area contributed by atoms with Crippen LogP contribution in [0.25, 0.3) is 10.8 Å². The molecule has 7 atom stereocenters. The van der Waals surface area contributed by atoms with Crippen LogP contribution in [0.3, 0.4) is 0 Å². The highest BCUT2D eigenvalue weighted by Crippen LogP contribution is 2.66. The number of rotatable bonds is 14. The minimum absolute atomic E-state index is 0.110. The first-order chi connectivity index (χ1) is 21.5. The van der Waals surface area contributed by atoms with Crippen molar-refractivity contribution in [1.29, 1.82) is 0 Å². The van der Waals surface area contributed by atoms with Crippen LogP contribution < -0.4 is 4.90 Å². The van der Waals surface area contributed by atoms with Gasteiger partial charge in [0, 0.05) is 12.2 Å². The number of carbonyl (C=O) groups is 3. The second-order valence-corrected chi connectivity index (χ2v) is 13.6. The van der Waals surface area contributed by atoms with Gasteiger partial charge in [-0.25, -0.2) is 0 Å². The number of aliphatic hydroxyl groups is 1. The molecule has 3 heterocycles. The summed E-state index contributed by atoms with van der Waals surface area (Å²) in [6.07, 6.45) is 6.82. The molecule has 1 N–H and O–H groups in total. The molecule has 5 rings (SSSR count). The van der Waals surface area contributed by atoms with Crippen molar-refractivity contribution in [3.63, 3.8) is 0 Å². The molecule has 0 aliphatic carbocycles. The van der Waals surface area contributed by atoms with Crippen LogP contribution in [0.1, 0.15) is 59.8 Å². The quantitative estimate of drug-likeness (QED) is 0.167. The van der Waals surface area contributed by atoms with Gasteiger partial charge >= 0.3 is 5.97 Å². The maximum Gasteiger partial charge on any atom is 0.312 e. The maximum atomic E-state index is 15.0. The molecule has 2 aromatic carbocycles. The van der Waals surface area contributed by atoms with E-state index < -0.39 is 41.1 Å². The Hall–Kier alpha value is -3.49. The Balaban J connectivity index is 1.58. The third-order valence-electron chi connectivity index (χ3n) is 10.3. The van der Waals surface area contributed by atoms with Gasteiger partial charge in [-0.1, -0.05) is 63.3 Å². The highest BCUT2D eigenvalue weighted by molar-refractivity contribution is 6.06. The zero-order valence-electron chi connectivity index (χ0n) is 27.1. The summed E-state index contributed by atoms with van der Waals surface area (Å²) in [6, 6.07) is 12.1. The van der Waals surface area contributed by atoms with E-state index in [-0.39, 0.29) is 43.4 Å². The molecule has 2 bridgehead atoms. The number of allylic oxidation sites excluding steroid dienone is 1. The van der Waals surface area contributed by atoms with Crippen molar-refractivity contribution in [2.75, 3.05) is 24.7 Å². The number of hydrogen-bond acceptors (Lipinski definition) is 6. The second kappa shape index (κ2) is 13.1. The molecule has 8 heteroatoms. The number of unbranched alkanes of at least 4 members (excludes halogenated alkanes) is 2. The van der Waals surface area contributed by atoms with E-state index in [0.717, 1.165) is 23.6 Å². The standard InChI is InChI=1S/C37H48N2O6/c1-7-9-10-13-19-44-35(43)31-30-33(41)39(29(23-40)20-24(3)4)32(37(30)22-25(5)36(31,6)45-37)34(42)38(18-8-2)28-17-16-26-14-11-12-15-27(26)21-28/h7-8,11-12,14-17,21,24-25,29-32,40H,1-2,9-10,13,18-20,22-23H2,3-6H3/t25?,29-,30+,31-,32?,36+,37?/m1/s1. The molecule has 8 nitrogen and oxygen atoms in total. The number of carbonyl (C=O) groups excluding carboxylic acids is 3. The third-order valence-corrected chi connectivity index (χ3v) is 10.3. The van der Waals surface area contributed by atoms with Crippen LogP contribution >= 0.6 is 0 Å². The van der Waals surface area contributed by atoms with Crippen molar-refractivity contribution in [2.45, 2.75) is 83.1 Å². The van der Waals surface area contributed by atoms with Gasteiger partial charge in [-0.2, -0.15) is 0 Å². The van der Waals surface area contributed by atoms with E-state index in [1.807, 2.05) is 76.2 Å². The van der Waals surface area contributed by atoms with Crippen molar-refractivity contribution >= 4 is 34.2 Å². The first-order valence-corrected chi connectivity index (χ1v) is 16.4. The highest BCUT2D eigenvalue weighted by Gasteiger charge is 2.80. The average Bonchev–Trinajstić information content (AvgIpc) is 3.54. The minimum atomic E-state index is -1.24. The van der Waals surface area contributed by atoms with E-state index in [1.165, 1.54) is 0 Å². The number of anilines is 1. The molecule has 0 aromatic heterocycles. The van der Waals surface area contributed by atoms with Crippen molar-refractivity contribution < 1.29 is 29.0 Å². The molecule has 2 aromatic rings. The van der Waals surface area contributed by atoms with Crippen molar-refractivity contribution in [2.24, 2.45) is 23.7 Å². The molecule has 0 radical (unpaired) electrons. The van der Waals surface area contributed by atoms with Gasteiger partial charge in [0.2, 0.25) is 5.91 Å². The first kappa shape index (κ1) is 32.9. The predicted molar refractivity (Wildman–Crippen MR) is 175 cm³/mol. The highest BCUT2D eigenvalue weighted by atomic mass is 16.6. The topological polar surface area (TPSA) is 96.4 Å². The smallest absolute Gasteiger partial charge is 0.312 e. The van der Waals surface area contributed by atoms with Gasteiger partial charge in [0.05, 0.1) is 30.8 Å². The SMILES string of the molecule is C=CCCCCOC(=O)[C@H]1[C@H]2C(=O)N([C@@H](CO)CC(C)C)C(C(=O)N(CC=C)c3ccc4ccccc4c3)C23CC(C)[C@]1(C)O3. The van der Waals surface area contributed by atoms with E-state index in [1.54, 1.807) is 15.9 Å². The minimum Gasteiger partial charge on any atom is -0.465 e. The molecule has 0 saturated carbocycles. The molecule has 3 fully saturated rings. The summed E-state index contributed by atoms with van der Waals surface area (Å²) in [5, 5.41) is 12.7. The summed E-state index contributed by atoms with van der Waals surface area (Å²) < 4.78 is 12.7. The Kier molecular flexibility index (Phi) is 9.57. The summed E-state index contributed by atoms with van der Waals surface area (Å²) >= 11 is 0. The van der Waals surface area contributed by atoms with E-state index in [9.17, 15) is 14.7 Å². The molecule has 45 heavy (non-hydrogen) atoms. The summed E-state index contributed by atoms with van der Waals surface area (Å²) in [4.78, 5) is 46.7. The van der Waals surface area contributed by atoms with Gasteiger partial charge < -0.3 is 24.4 Å². The molecule has 242 valence electrons. The normalized spacial score (nSPS) is 29.2. The number of amides is 2. The molecular weight excluding hydrogens is 568 g/mol. The molecule has 3 aliphatic heterocycles. The second-order valence-electron chi connectivity index (χ2n) is 13.6. The van der Waals surface area contributed by atoms with Crippen molar-refractivity contribution in [3.05, 3.63) is 67.8 Å². The molecule has 2 amide bonds. The van der Waals surface area contributed by atoms with Crippen LogP contribution in [0.15, 0.2) is 67.8 Å². The van der Waals surface area contributed by atoms with Crippen LogP contribution in [0.4, 0.5) is 5.69 Å². The van der Waals surface area contributed by atoms with Gasteiger partial charge in [-0.15, -0.1) is 13.2 Å². The van der Waals surface area contributed by atoms with Crippen LogP contribution in [-0.2, 0) is 23.9 Å². The van der Waals surface area contributed by atoms with E-state index >= 15 is 4.79 Å². The number of nitrogens with zero attached hydrogens (tertiary/aromatic N) is 2. The third kappa shape index (κ3) is 5.61. The molecule has 3 saturated heterocycles. The largest absolute Gasteiger partial charge is 0.465 e. The lowest BCUT2D eigenvalue weighted by atomic mass is 9.62. The Morgan fingerprint density at radius 2 is 1.89 bits per heavy atom. The molecular formula is C37H48N2O6. The van der Waals surface area contributed by atoms with Gasteiger partial charge in [-0.05, 0) is 73.8 Å². The van der Waals surface area contributed by atoms with Crippen LogP contribution in [0.2, 0.25) is 0 Å². The Bertz CT molecular complexity index is 1460.